The molecule has 2 atom stereocenters. The fourth-order valence-corrected chi connectivity index (χ4v) is 5.56. The number of hydrogen-bond acceptors (Lipinski definition) is 5. The summed E-state index contributed by atoms with van der Waals surface area (Å²) in [6.45, 7) is 3.56. The van der Waals surface area contributed by atoms with Gasteiger partial charge in [-0.2, -0.15) is 22.8 Å². The third-order valence-corrected chi connectivity index (χ3v) is 8.53. The van der Waals surface area contributed by atoms with Gasteiger partial charge in [0.05, 0.1) is 51.7 Å². The first-order valence-electron chi connectivity index (χ1n) is 13.9. The molecule has 236 valence electrons. The highest BCUT2D eigenvalue weighted by Gasteiger charge is 2.36. The minimum Gasteiger partial charge on any atom is -0.338 e. The average Bonchev–Trinajstić information content (AvgIpc) is 3.38. The number of carbonyl (C=O) groups is 2. The molecule has 0 aliphatic carbocycles. The van der Waals surface area contributed by atoms with Crippen LogP contribution in [0.2, 0.25) is 10.0 Å². The standard InChI is InChI=1S/C30H28Cl2F3N7O3/c1-16-13-21-24(15-40(16)26(43)19-7-10-22(31)23(32)14-19)38-28(37-17(2)18-5-8-20(9-6-18)30(33,34)35)42(27(21)44)25-11-12-41(39(25)4)29(45)36-3/h5-12,14,16-17H,13,15H2,1-4H3,(H-,36,37,38,44,45)/p+1/t16-,17+/m1/s1. The zero-order valence-electron chi connectivity index (χ0n) is 24.6. The van der Waals surface area contributed by atoms with Crippen LogP contribution in [-0.4, -0.2) is 44.2 Å². The van der Waals surface area contributed by atoms with E-state index in [1.807, 2.05) is 6.92 Å². The Kier molecular flexibility index (Phi) is 8.69. The monoisotopic (exact) mass is 662 g/mol. The molecule has 0 unspecified atom stereocenters. The van der Waals surface area contributed by atoms with Crippen LogP contribution >= 0.6 is 23.2 Å². The van der Waals surface area contributed by atoms with Gasteiger partial charge in [0.2, 0.25) is 0 Å². The van der Waals surface area contributed by atoms with Gasteiger partial charge in [-0.05, 0) is 49.7 Å². The van der Waals surface area contributed by atoms with Crippen LogP contribution in [0.4, 0.5) is 23.9 Å². The van der Waals surface area contributed by atoms with Crippen LogP contribution in [0.1, 0.15) is 52.6 Å². The Morgan fingerprint density at radius 2 is 1.78 bits per heavy atom. The Balaban J connectivity index is 1.59. The van der Waals surface area contributed by atoms with Crippen LogP contribution in [0.3, 0.4) is 0 Å². The zero-order valence-corrected chi connectivity index (χ0v) is 26.1. The molecule has 0 saturated heterocycles. The SMILES string of the molecule is CNC(=O)n1ccc(-n2c(N[C@@H](C)c3ccc(C(F)(F)F)cc3)nc3c(c2=O)C[C@@H](C)N(C(=O)c2ccc(Cl)c(Cl)c2)C3)[n+]1C. The Labute approximate surface area is 266 Å². The molecule has 10 nitrogen and oxygen atoms in total. The van der Waals surface area contributed by atoms with Crippen molar-refractivity contribution >= 4 is 41.1 Å². The predicted octanol–water partition coefficient (Wildman–Crippen LogP) is 5.13. The molecule has 0 bridgehead atoms. The molecule has 2 aromatic carbocycles. The van der Waals surface area contributed by atoms with Crippen LogP contribution in [0.5, 0.6) is 0 Å². The van der Waals surface area contributed by atoms with Crippen LogP contribution in [0.25, 0.3) is 5.82 Å². The highest BCUT2D eigenvalue weighted by atomic mass is 35.5. The summed E-state index contributed by atoms with van der Waals surface area (Å²) < 4.78 is 43.5. The number of anilines is 1. The van der Waals surface area contributed by atoms with E-state index < -0.39 is 29.4 Å². The second-order valence-corrected chi connectivity index (χ2v) is 11.5. The lowest BCUT2D eigenvalue weighted by molar-refractivity contribution is -0.736. The van der Waals surface area contributed by atoms with Crippen molar-refractivity contribution in [1.29, 1.82) is 0 Å². The third kappa shape index (κ3) is 6.14. The number of hydrogen-bond donors (Lipinski definition) is 2. The topological polar surface area (TPSA) is 105 Å². The van der Waals surface area contributed by atoms with Crippen molar-refractivity contribution in [3.05, 3.63) is 103 Å². The lowest BCUT2D eigenvalue weighted by Gasteiger charge is -2.34. The van der Waals surface area contributed by atoms with Crippen molar-refractivity contribution in [1.82, 2.24) is 24.4 Å². The van der Waals surface area contributed by atoms with Gasteiger partial charge in [0, 0.05) is 25.1 Å². The molecule has 0 saturated carbocycles. The molecule has 2 aromatic heterocycles. The van der Waals surface area contributed by atoms with Crippen LogP contribution in [0.15, 0.2) is 59.5 Å². The Morgan fingerprint density at radius 1 is 1.09 bits per heavy atom. The van der Waals surface area contributed by atoms with E-state index in [1.165, 1.54) is 51.4 Å². The van der Waals surface area contributed by atoms with Gasteiger partial charge in [0.25, 0.3) is 5.91 Å². The quantitative estimate of drug-likeness (QED) is 0.288. The summed E-state index contributed by atoms with van der Waals surface area (Å²) >= 11 is 12.2. The third-order valence-electron chi connectivity index (χ3n) is 7.80. The molecule has 3 heterocycles. The summed E-state index contributed by atoms with van der Waals surface area (Å²) in [5, 5.41) is 6.23. The number of carbonyl (C=O) groups excluding carboxylic acids is 2. The lowest BCUT2D eigenvalue weighted by Crippen LogP contribution is -2.50. The molecule has 5 rings (SSSR count). The number of fused-ring (bicyclic) bond motifs is 1. The first-order valence-corrected chi connectivity index (χ1v) is 14.6. The van der Waals surface area contributed by atoms with Gasteiger partial charge in [0.1, 0.15) is 7.05 Å². The van der Waals surface area contributed by atoms with E-state index in [9.17, 15) is 27.6 Å². The van der Waals surface area contributed by atoms with Crippen LogP contribution in [-0.2, 0) is 26.2 Å². The van der Waals surface area contributed by atoms with E-state index >= 15 is 0 Å². The molecule has 0 spiro atoms. The Morgan fingerprint density at radius 3 is 2.40 bits per heavy atom. The van der Waals surface area contributed by atoms with E-state index in [0.29, 0.717) is 33.2 Å². The number of benzene rings is 2. The van der Waals surface area contributed by atoms with Crippen molar-refractivity contribution in [3.8, 4) is 5.82 Å². The van der Waals surface area contributed by atoms with E-state index in [1.54, 1.807) is 31.0 Å². The first kappa shape index (κ1) is 32.0. The number of nitrogens with zero attached hydrogens (tertiary/aromatic N) is 5. The summed E-state index contributed by atoms with van der Waals surface area (Å²) in [7, 11) is 3.07. The van der Waals surface area contributed by atoms with Crippen molar-refractivity contribution in [2.45, 2.75) is 45.1 Å². The maximum atomic E-state index is 14.2. The number of aromatic nitrogens is 4. The molecule has 2 N–H and O–H groups in total. The predicted molar refractivity (Wildman–Crippen MR) is 162 cm³/mol. The van der Waals surface area contributed by atoms with Crippen LogP contribution < -0.4 is 20.9 Å². The smallest absolute Gasteiger partial charge is 0.338 e. The number of rotatable bonds is 5. The minimum absolute atomic E-state index is 0.0143. The Hall–Kier alpha value is -4.36. The number of amides is 2. The second-order valence-electron chi connectivity index (χ2n) is 10.7. The first-order chi connectivity index (χ1) is 21.2. The van der Waals surface area contributed by atoms with Crippen molar-refractivity contribution in [3.63, 3.8) is 0 Å². The summed E-state index contributed by atoms with van der Waals surface area (Å²) in [6, 6.07) is 9.41. The largest absolute Gasteiger partial charge is 0.416 e. The van der Waals surface area contributed by atoms with Gasteiger partial charge in [-0.1, -0.05) is 35.3 Å². The number of alkyl halides is 3. The van der Waals surface area contributed by atoms with Crippen LogP contribution in [0, 0.1) is 0 Å². The van der Waals surface area contributed by atoms with E-state index in [0.717, 1.165) is 12.1 Å². The highest BCUT2D eigenvalue weighted by molar-refractivity contribution is 6.42. The normalized spacial score (nSPS) is 15.4. The van der Waals surface area contributed by atoms with E-state index in [4.69, 9.17) is 28.2 Å². The molecule has 45 heavy (non-hydrogen) atoms. The second kappa shape index (κ2) is 12.2. The Bertz CT molecular complexity index is 1860. The molecular weight excluding hydrogens is 634 g/mol. The summed E-state index contributed by atoms with van der Waals surface area (Å²) in [4.78, 5) is 46.5. The summed E-state index contributed by atoms with van der Waals surface area (Å²) in [6.07, 6.45) is -2.80. The molecular formula is C30H29Cl2F3N7O3+. The van der Waals surface area contributed by atoms with E-state index in [-0.39, 0.29) is 35.9 Å². The molecule has 2 amide bonds. The maximum absolute atomic E-state index is 14.2. The van der Waals surface area contributed by atoms with Gasteiger partial charge in [-0.3, -0.25) is 4.79 Å². The van der Waals surface area contributed by atoms with Crippen molar-refractivity contribution in [2.75, 3.05) is 12.4 Å². The maximum Gasteiger partial charge on any atom is 0.416 e. The molecule has 15 heteroatoms. The number of nitrogens with one attached hydrogen (secondary N) is 2. The minimum atomic E-state index is -4.49. The summed E-state index contributed by atoms with van der Waals surface area (Å²) in [5.74, 6) is 0.0651. The van der Waals surface area contributed by atoms with Gasteiger partial charge in [0.15, 0.2) is 0 Å². The lowest BCUT2D eigenvalue weighted by atomic mass is 9.98. The fourth-order valence-electron chi connectivity index (χ4n) is 5.27. The van der Waals surface area contributed by atoms with E-state index in [2.05, 4.69) is 10.6 Å². The zero-order chi connectivity index (χ0) is 32.8. The molecule has 1 aliphatic rings. The van der Waals surface area contributed by atoms with Crippen molar-refractivity contribution in [2.24, 2.45) is 7.05 Å². The van der Waals surface area contributed by atoms with Crippen molar-refractivity contribution < 1.29 is 27.4 Å². The fraction of sp³-hybridized carbons (Fsp3) is 0.300. The van der Waals surface area contributed by atoms with Gasteiger partial charge in [-0.15, -0.1) is 9.25 Å². The van der Waals surface area contributed by atoms with Gasteiger partial charge in [-0.25, -0.2) is 9.59 Å². The highest BCUT2D eigenvalue weighted by Crippen LogP contribution is 2.31. The van der Waals surface area contributed by atoms with Gasteiger partial charge < -0.3 is 15.5 Å². The molecule has 4 aromatic rings. The van der Waals surface area contributed by atoms with Gasteiger partial charge >= 0.3 is 29.5 Å². The summed E-state index contributed by atoms with van der Waals surface area (Å²) in [5.41, 5.74) is 0.384. The number of halogens is 5. The molecule has 0 radical (unpaired) electrons. The molecule has 1 aliphatic heterocycles. The molecule has 0 fully saturated rings. The average molecular weight is 664 g/mol.